The molecule has 100 valence electrons. The van der Waals surface area contributed by atoms with Gasteiger partial charge in [-0.2, -0.15) is 0 Å². The van der Waals surface area contributed by atoms with Crippen LogP contribution >= 0.6 is 0 Å². The molecule has 0 aliphatic heterocycles. The van der Waals surface area contributed by atoms with Crippen molar-refractivity contribution in [2.75, 3.05) is 0 Å². The number of aromatic carboxylic acids is 1. The minimum atomic E-state index is -1.20. The second-order valence-electron chi connectivity index (χ2n) is 3.72. The minimum Gasteiger partial charge on any atom is -0.476 e. The van der Waals surface area contributed by atoms with Crippen molar-refractivity contribution < 1.29 is 27.9 Å². The van der Waals surface area contributed by atoms with E-state index in [-0.39, 0.29) is 24.7 Å². The van der Waals surface area contributed by atoms with E-state index in [2.05, 4.69) is 5.16 Å². The minimum absolute atomic E-state index is 0.0146. The SMILES string of the molecule is O=C(O)c1cc(COCc2ccc(F)c(F)c2)on1. The van der Waals surface area contributed by atoms with E-state index in [0.29, 0.717) is 5.56 Å². The van der Waals surface area contributed by atoms with Gasteiger partial charge in [-0.1, -0.05) is 11.2 Å². The molecule has 0 unspecified atom stereocenters. The molecule has 0 bridgehead atoms. The molecule has 5 nitrogen and oxygen atoms in total. The van der Waals surface area contributed by atoms with Gasteiger partial charge in [-0.3, -0.25) is 0 Å². The number of hydrogen-bond acceptors (Lipinski definition) is 4. The Morgan fingerprint density at radius 1 is 1.26 bits per heavy atom. The van der Waals surface area contributed by atoms with E-state index >= 15 is 0 Å². The second-order valence-corrected chi connectivity index (χ2v) is 3.72. The number of carboxylic acids is 1. The molecule has 1 aromatic heterocycles. The Bertz CT molecular complexity index is 597. The van der Waals surface area contributed by atoms with Gasteiger partial charge in [0, 0.05) is 6.07 Å². The van der Waals surface area contributed by atoms with Gasteiger partial charge in [-0.15, -0.1) is 0 Å². The topological polar surface area (TPSA) is 72.6 Å². The molecule has 0 saturated carbocycles. The monoisotopic (exact) mass is 269 g/mol. The maximum absolute atomic E-state index is 12.9. The van der Waals surface area contributed by atoms with Crippen LogP contribution in [0.25, 0.3) is 0 Å². The highest BCUT2D eigenvalue weighted by atomic mass is 19.2. The van der Waals surface area contributed by atoms with E-state index in [9.17, 15) is 13.6 Å². The standard InChI is InChI=1S/C12H9F2NO4/c13-9-2-1-7(3-10(9)14)5-18-6-8-4-11(12(16)17)15-19-8/h1-4H,5-6H2,(H,16,17). The Morgan fingerprint density at radius 3 is 2.68 bits per heavy atom. The summed E-state index contributed by atoms with van der Waals surface area (Å²) in [4.78, 5) is 10.5. The summed E-state index contributed by atoms with van der Waals surface area (Å²) in [6.45, 7) is 0.0274. The van der Waals surface area contributed by atoms with Crippen LogP contribution in [0.1, 0.15) is 21.8 Å². The lowest BCUT2D eigenvalue weighted by molar-refractivity contribution is 0.0683. The lowest BCUT2D eigenvalue weighted by Gasteiger charge is -2.02. The number of carboxylic acid groups (broad SMARTS) is 1. The zero-order valence-electron chi connectivity index (χ0n) is 9.60. The quantitative estimate of drug-likeness (QED) is 0.902. The fourth-order valence-corrected chi connectivity index (χ4v) is 1.38. The third-order valence-corrected chi connectivity index (χ3v) is 2.28. The van der Waals surface area contributed by atoms with Crippen molar-refractivity contribution in [3.05, 3.63) is 52.9 Å². The van der Waals surface area contributed by atoms with Crippen LogP contribution in [-0.2, 0) is 18.0 Å². The molecule has 0 amide bonds. The van der Waals surface area contributed by atoms with Gasteiger partial charge in [0.1, 0.15) is 6.61 Å². The Morgan fingerprint density at radius 2 is 2.05 bits per heavy atom. The van der Waals surface area contributed by atoms with E-state index in [0.717, 1.165) is 12.1 Å². The number of carbonyl (C=O) groups is 1. The van der Waals surface area contributed by atoms with Crippen LogP contribution < -0.4 is 0 Å². The van der Waals surface area contributed by atoms with E-state index < -0.39 is 17.6 Å². The van der Waals surface area contributed by atoms with Crippen LogP contribution in [0.15, 0.2) is 28.8 Å². The number of nitrogens with zero attached hydrogens (tertiary/aromatic N) is 1. The van der Waals surface area contributed by atoms with E-state index in [4.69, 9.17) is 14.4 Å². The molecule has 0 aliphatic rings. The molecule has 0 aliphatic carbocycles. The highest BCUT2D eigenvalue weighted by Gasteiger charge is 2.10. The van der Waals surface area contributed by atoms with Crippen molar-refractivity contribution in [2.45, 2.75) is 13.2 Å². The van der Waals surface area contributed by atoms with Gasteiger partial charge in [0.15, 0.2) is 23.1 Å². The first kappa shape index (κ1) is 13.2. The highest BCUT2D eigenvalue weighted by molar-refractivity contribution is 5.85. The predicted molar refractivity (Wildman–Crippen MR) is 58.3 cm³/mol. The van der Waals surface area contributed by atoms with Crippen molar-refractivity contribution in [1.29, 1.82) is 0 Å². The van der Waals surface area contributed by atoms with E-state index in [1.807, 2.05) is 0 Å². The van der Waals surface area contributed by atoms with Crippen molar-refractivity contribution >= 4 is 5.97 Å². The van der Waals surface area contributed by atoms with Gasteiger partial charge in [0.05, 0.1) is 6.61 Å². The Balaban J connectivity index is 1.88. The van der Waals surface area contributed by atoms with Crippen molar-refractivity contribution in [3.63, 3.8) is 0 Å². The van der Waals surface area contributed by atoms with Gasteiger partial charge in [0.2, 0.25) is 0 Å². The Hall–Kier alpha value is -2.28. The first-order valence-corrected chi connectivity index (χ1v) is 5.27. The van der Waals surface area contributed by atoms with Crippen molar-refractivity contribution in [1.82, 2.24) is 5.16 Å². The predicted octanol–water partition coefficient (Wildman–Crippen LogP) is 2.37. The molecule has 0 atom stereocenters. The van der Waals surface area contributed by atoms with Crippen LogP contribution in [-0.4, -0.2) is 16.2 Å². The maximum Gasteiger partial charge on any atom is 0.358 e. The van der Waals surface area contributed by atoms with Crippen LogP contribution in [0.5, 0.6) is 0 Å². The summed E-state index contributed by atoms with van der Waals surface area (Å²) in [7, 11) is 0. The van der Waals surface area contributed by atoms with Gasteiger partial charge < -0.3 is 14.4 Å². The lowest BCUT2D eigenvalue weighted by Crippen LogP contribution is -1.96. The molecule has 1 aromatic carbocycles. The summed E-state index contributed by atoms with van der Waals surface area (Å²) in [5.74, 6) is -2.84. The third-order valence-electron chi connectivity index (χ3n) is 2.28. The number of rotatable bonds is 5. The molecular formula is C12H9F2NO4. The van der Waals surface area contributed by atoms with Crippen LogP contribution in [0.3, 0.4) is 0 Å². The second kappa shape index (κ2) is 5.57. The molecule has 1 heterocycles. The summed E-state index contributed by atoms with van der Waals surface area (Å²) in [6, 6.07) is 4.65. The fourth-order valence-electron chi connectivity index (χ4n) is 1.38. The molecule has 0 fully saturated rings. The average Bonchev–Trinajstić information content (AvgIpc) is 2.83. The smallest absolute Gasteiger partial charge is 0.358 e. The Labute approximate surface area is 106 Å². The molecule has 1 N–H and O–H groups in total. The maximum atomic E-state index is 12.9. The fraction of sp³-hybridized carbons (Fsp3) is 0.167. The number of aromatic nitrogens is 1. The normalized spacial score (nSPS) is 10.6. The number of halogens is 2. The summed E-state index contributed by atoms with van der Waals surface area (Å²) in [6.07, 6.45) is 0. The zero-order chi connectivity index (χ0) is 13.8. The first-order chi connectivity index (χ1) is 9.06. The molecule has 2 aromatic rings. The third kappa shape index (κ3) is 3.35. The van der Waals surface area contributed by atoms with Crippen LogP contribution in [0.2, 0.25) is 0 Å². The van der Waals surface area contributed by atoms with Gasteiger partial charge in [-0.25, -0.2) is 13.6 Å². The molecule has 0 radical (unpaired) electrons. The first-order valence-electron chi connectivity index (χ1n) is 5.27. The van der Waals surface area contributed by atoms with Crippen LogP contribution in [0.4, 0.5) is 8.78 Å². The number of hydrogen-bond donors (Lipinski definition) is 1. The molecule has 19 heavy (non-hydrogen) atoms. The van der Waals surface area contributed by atoms with Crippen LogP contribution in [0, 0.1) is 11.6 Å². The summed E-state index contributed by atoms with van der Waals surface area (Å²) >= 11 is 0. The molecule has 7 heteroatoms. The lowest BCUT2D eigenvalue weighted by atomic mass is 10.2. The molecule has 0 spiro atoms. The van der Waals surface area contributed by atoms with Gasteiger partial charge in [-0.05, 0) is 17.7 Å². The number of benzene rings is 1. The molecule has 0 saturated heterocycles. The van der Waals surface area contributed by atoms with Gasteiger partial charge in [0.25, 0.3) is 0 Å². The number of ether oxygens (including phenoxy) is 1. The van der Waals surface area contributed by atoms with Crippen molar-refractivity contribution in [2.24, 2.45) is 0 Å². The average molecular weight is 269 g/mol. The highest BCUT2D eigenvalue weighted by Crippen LogP contribution is 2.11. The van der Waals surface area contributed by atoms with Crippen molar-refractivity contribution in [3.8, 4) is 0 Å². The Kier molecular flexibility index (Phi) is 3.86. The summed E-state index contributed by atoms with van der Waals surface area (Å²) in [5, 5.41) is 11.9. The largest absolute Gasteiger partial charge is 0.476 e. The summed E-state index contributed by atoms with van der Waals surface area (Å²) < 4.78 is 35.5. The molecule has 2 rings (SSSR count). The molecular weight excluding hydrogens is 260 g/mol. The zero-order valence-corrected chi connectivity index (χ0v) is 9.60. The van der Waals surface area contributed by atoms with Gasteiger partial charge >= 0.3 is 5.97 Å². The summed E-state index contributed by atoms with van der Waals surface area (Å²) in [5.41, 5.74) is 0.239. The van der Waals surface area contributed by atoms with E-state index in [1.165, 1.54) is 12.1 Å². The van der Waals surface area contributed by atoms with E-state index in [1.54, 1.807) is 0 Å².